The molecule has 0 aliphatic rings. The van der Waals surface area contributed by atoms with E-state index in [1.807, 2.05) is 30.7 Å². The zero-order chi connectivity index (χ0) is 14.3. The maximum atomic E-state index is 11.7. The van der Waals surface area contributed by atoms with E-state index < -0.39 is 11.4 Å². The number of carboxylic acid groups (broad SMARTS) is 1. The fraction of sp³-hybridized carbons (Fsp3) is 0.571. The number of aliphatic carboxylic acids is 1. The number of rotatable bonds is 8. The fourth-order valence-electron chi connectivity index (χ4n) is 1.93. The Morgan fingerprint density at radius 2 is 2.05 bits per heavy atom. The van der Waals surface area contributed by atoms with Crippen LogP contribution < -0.4 is 5.32 Å². The summed E-state index contributed by atoms with van der Waals surface area (Å²) in [5.74, 6) is -0.922. The molecule has 106 valence electrons. The summed E-state index contributed by atoms with van der Waals surface area (Å²) in [7, 11) is 0. The summed E-state index contributed by atoms with van der Waals surface area (Å²) in [4.78, 5) is 23.0. The SMILES string of the molecule is CCC(CC)(CNC(=O)CCc1ccsc1)C(=O)O. The first kappa shape index (κ1) is 15.7. The minimum absolute atomic E-state index is 0.0845. The number of carbonyl (C=O) groups is 2. The number of carbonyl (C=O) groups excluding carboxylic acids is 1. The van der Waals surface area contributed by atoms with Crippen molar-refractivity contribution in [1.82, 2.24) is 5.32 Å². The van der Waals surface area contributed by atoms with Gasteiger partial charge in [-0.25, -0.2) is 0 Å². The molecule has 0 aliphatic heterocycles. The standard InChI is InChI=1S/C14H21NO3S/c1-3-14(4-2,13(17)18)10-15-12(16)6-5-11-7-8-19-9-11/h7-9H,3-6,10H2,1-2H3,(H,15,16)(H,17,18). The van der Waals surface area contributed by atoms with Gasteiger partial charge in [-0.1, -0.05) is 13.8 Å². The van der Waals surface area contributed by atoms with Crippen LogP contribution in [0.25, 0.3) is 0 Å². The Balaban J connectivity index is 2.42. The zero-order valence-corrected chi connectivity index (χ0v) is 12.3. The quantitative estimate of drug-likeness (QED) is 0.771. The molecule has 0 unspecified atom stereocenters. The van der Waals surface area contributed by atoms with Gasteiger partial charge >= 0.3 is 5.97 Å². The number of hydrogen-bond donors (Lipinski definition) is 2. The van der Waals surface area contributed by atoms with Crippen LogP contribution >= 0.6 is 11.3 Å². The van der Waals surface area contributed by atoms with Gasteiger partial charge in [0.15, 0.2) is 0 Å². The first-order valence-electron chi connectivity index (χ1n) is 6.55. The highest BCUT2D eigenvalue weighted by Gasteiger charge is 2.34. The van der Waals surface area contributed by atoms with Crippen LogP contribution in [0.3, 0.4) is 0 Å². The normalized spacial score (nSPS) is 11.3. The lowest BCUT2D eigenvalue weighted by Gasteiger charge is -2.26. The van der Waals surface area contributed by atoms with Crippen LogP contribution in [0.4, 0.5) is 0 Å². The summed E-state index contributed by atoms with van der Waals surface area (Å²) in [6, 6.07) is 2.00. The van der Waals surface area contributed by atoms with Crippen LogP contribution in [0.2, 0.25) is 0 Å². The van der Waals surface area contributed by atoms with E-state index in [1.165, 1.54) is 0 Å². The summed E-state index contributed by atoms with van der Waals surface area (Å²) in [5.41, 5.74) is 0.313. The molecule has 0 spiro atoms. The molecule has 0 fully saturated rings. The van der Waals surface area contributed by atoms with E-state index in [4.69, 9.17) is 0 Å². The van der Waals surface area contributed by atoms with Crippen molar-refractivity contribution in [2.45, 2.75) is 39.5 Å². The summed E-state index contributed by atoms with van der Waals surface area (Å²) in [6.45, 7) is 3.89. The Morgan fingerprint density at radius 1 is 1.37 bits per heavy atom. The maximum absolute atomic E-state index is 11.7. The van der Waals surface area contributed by atoms with Crippen LogP contribution in [0.1, 0.15) is 38.7 Å². The Morgan fingerprint density at radius 3 is 2.53 bits per heavy atom. The van der Waals surface area contributed by atoms with Gasteiger partial charge in [-0.2, -0.15) is 11.3 Å². The first-order chi connectivity index (χ1) is 9.04. The van der Waals surface area contributed by atoms with Crippen LogP contribution in [0.15, 0.2) is 16.8 Å². The third kappa shape index (κ3) is 4.35. The summed E-state index contributed by atoms with van der Waals surface area (Å²) in [5, 5.41) is 16.0. The molecule has 2 N–H and O–H groups in total. The molecule has 0 aliphatic carbocycles. The second kappa shape index (κ2) is 7.28. The number of amides is 1. The molecule has 1 aromatic rings. The number of aryl methyl sites for hydroxylation is 1. The Bertz CT molecular complexity index is 410. The number of nitrogens with one attached hydrogen (secondary N) is 1. The summed E-state index contributed by atoms with van der Waals surface area (Å²) in [6.07, 6.45) is 2.14. The lowest BCUT2D eigenvalue weighted by atomic mass is 9.82. The molecule has 0 radical (unpaired) electrons. The summed E-state index contributed by atoms with van der Waals surface area (Å²) < 4.78 is 0. The van der Waals surface area contributed by atoms with Gasteiger partial charge < -0.3 is 10.4 Å². The topological polar surface area (TPSA) is 66.4 Å². The Kier molecular flexibility index (Phi) is 6.02. The van der Waals surface area contributed by atoms with Crippen molar-refractivity contribution >= 4 is 23.2 Å². The molecular weight excluding hydrogens is 262 g/mol. The van der Waals surface area contributed by atoms with Gasteiger partial charge in [0, 0.05) is 13.0 Å². The van der Waals surface area contributed by atoms with Gasteiger partial charge in [0.2, 0.25) is 5.91 Å². The van der Waals surface area contributed by atoms with Crippen LogP contribution in [-0.2, 0) is 16.0 Å². The molecule has 1 rings (SSSR count). The van der Waals surface area contributed by atoms with E-state index in [0.717, 1.165) is 5.56 Å². The van der Waals surface area contributed by atoms with Crippen molar-refractivity contribution in [3.63, 3.8) is 0 Å². The van der Waals surface area contributed by atoms with Crippen molar-refractivity contribution in [3.8, 4) is 0 Å². The lowest BCUT2D eigenvalue weighted by Crippen LogP contribution is -2.42. The molecule has 0 atom stereocenters. The van der Waals surface area contributed by atoms with E-state index in [2.05, 4.69) is 5.32 Å². The minimum atomic E-state index is -0.837. The average molecular weight is 283 g/mol. The predicted octanol–water partition coefficient (Wildman–Crippen LogP) is 2.69. The molecule has 1 heterocycles. The molecule has 5 heteroatoms. The van der Waals surface area contributed by atoms with Crippen molar-refractivity contribution < 1.29 is 14.7 Å². The zero-order valence-electron chi connectivity index (χ0n) is 11.4. The molecular formula is C14H21NO3S. The minimum Gasteiger partial charge on any atom is -0.481 e. The number of thiophene rings is 1. The van der Waals surface area contributed by atoms with Gasteiger partial charge in [-0.3, -0.25) is 9.59 Å². The highest BCUT2D eigenvalue weighted by atomic mass is 32.1. The number of carboxylic acids is 1. The van der Waals surface area contributed by atoms with E-state index in [0.29, 0.717) is 25.7 Å². The predicted molar refractivity (Wildman–Crippen MR) is 76.3 cm³/mol. The van der Waals surface area contributed by atoms with E-state index >= 15 is 0 Å². The van der Waals surface area contributed by atoms with E-state index in [9.17, 15) is 14.7 Å². The monoisotopic (exact) mass is 283 g/mol. The number of hydrogen-bond acceptors (Lipinski definition) is 3. The van der Waals surface area contributed by atoms with Gasteiger partial charge in [-0.05, 0) is 41.7 Å². The highest BCUT2D eigenvalue weighted by molar-refractivity contribution is 7.07. The van der Waals surface area contributed by atoms with Crippen LogP contribution in [0.5, 0.6) is 0 Å². The van der Waals surface area contributed by atoms with Gasteiger partial charge in [0.1, 0.15) is 0 Å². The van der Waals surface area contributed by atoms with Crippen molar-refractivity contribution in [2.75, 3.05) is 6.54 Å². The lowest BCUT2D eigenvalue weighted by molar-refractivity contribution is -0.149. The molecule has 1 aromatic heterocycles. The van der Waals surface area contributed by atoms with E-state index in [-0.39, 0.29) is 12.5 Å². The molecule has 0 saturated heterocycles. The smallest absolute Gasteiger partial charge is 0.311 e. The van der Waals surface area contributed by atoms with Crippen molar-refractivity contribution in [2.24, 2.45) is 5.41 Å². The molecule has 19 heavy (non-hydrogen) atoms. The fourth-order valence-corrected chi connectivity index (χ4v) is 2.63. The van der Waals surface area contributed by atoms with Gasteiger partial charge in [0.25, 0.3) is 0 Å². The summed E-state index contributed by atoms with van der Waals surface area (Å²) >= 11 is 1.61. The van der Waals surface area contributed by atoms with Crippen molar-refractivity contribution in [3.05, 3.63) is 22.4 Å². The third-order valence-corrected chi connectivity index (χ3v) is 4.38. The molecule has 0 bridgehead atoms. The molecule has 4 nitrogen and oxygen atoms in total. The van der Waals surface area contributed by atoms with E-state index in [1.54, 1.807) is 11.3 Å². The average Bonchev–Trinajstić information content (AvgIpc) is 2.91. The second-order valence-electron chi connectivity index (χ2n) is 4.70. The highest BCUT2D eigenvalue weighted by Crippen LogP contribution is 2.25. The first-order valence-corrected chi connectivity index (χ1v) is 7.49. The largest absolute Gasteiger partial charge is 0.481 e. The molecule has 0 saturated carbocycles. The van der Waals surface area contributed by atoms with Crippen LogP contribution in [-0.4, -0.2) is 23.5 Å². The third-order valence-electron chi connectivity index (χ3n) is 3.65. The van der Waals surface area contributed by atoms with Gasteiger partial charge in [-0.15, -0.1) is 0 Å². The van der Waals surface area contributed by atoms with Crippen LogP contribution in [0, 0.1) is 5.41 Å². The van der Waals surface area contributed by atoms with Gasteiger partial charge in [0.05, 0.1) is 5.41 Å². The Hall–Kier alpha value is -1.36. The molecule has 0 aromatic carbocycles. The Labute approximate surface area is 117 Å². The second-order valence-corrected chi connectivity index (χ2v) is 5.48. The molecule has 1 amide bonds. The maximum Gasteiger partial charge on any atom is 0.311 e. The van der Waals surface area contributed by atoms with Crippen molar-refractivity contribution in [1.29, 1.82) is 0 Å².